The van der Waals surface area contributed by atoms with Gasteiger partial charge in [-0.25, -0.2) is 4.98 Å². The van der Waals surface area contributed by atoms with Gasteiger partial charge in [0, 0.05) is 49.6 Å². The molecule has 0 aliphatic carbocycles. The average molecular weight is 343 g/mol. The van der Waals surface area contributed by atoms with Crippen LogP contribution in [0.5, 0.6) is 11.5 Å². The first-order valence-corrected chi connectivity index (χ1v) is 8.30. The first-order chi connectivity index (χ1) is 12.0. The number of nitrogen functional groups attached to an aromatic ring is 1. The van der Waals surface area contributed by atoms with Gasteiger partial charge in [-0.15, -0.1) is 0 Å². The molecule has 7 nitrogen and oxygen atoms in total. The van der Waals surface area contributed by atoms with Gasteiger partial charge in [0.25, 0.3) is 0 Å². The van der Waals surface area contributed by atoms with Gasteiger partial charge in [-0.1, -0.05) is 0 Å². The number of benzene rings is 1. The van der Waals surface area contributed by atoms with E-state index in [0.29, 0.717) is 24.3 Å². The Balaban J connectivity index is 1.79. The highest BCUT2D eigenvalue weighted by Gasteiger charge is 2.24. The highest BCUT2D eigenvalue weighted by atomic mass is 16.5. The molecule has 0 atom stereocenters. The minimum atomic E-state index is 0.452. The molecule has 25 heavy (non-hydrogen) atoms. The number of anilines is 3. The number of methoxy groups -OCH3 is 1. The number of hydrogen-bond donors (Lipinski definition) is 1. The number of nitrogens with two attached hydrogens (primary N) is 1. The summed E-state index contributed by atoms with van der Waals surface area (Å²) in [6, 6.07) is 7.54. The van der Waals surface area contributed by atoms with Crippen LogP contribution >= 0.6 is 0 Å². The fourth-order valence-corrected chi connectivity index (χ4v) is 2.97. The molecule has 1 aromatic carbocycles. The molecule has 7 heteroatoms. The maximum Gasteiger partial charge on any atom is 0.231 e. The van der Waals surface area contributed by atoms with Crippen molar-refractivity contribution < 1.29 is 9.47 Å². The summed E-state index contributed by atoms with van der Waals surface area (Å²) in [5.74, 6) is 3.01. The van der Waals surface area contributed by atoms with Crippen molar-refractivity contribution in [2.75, 3.05) is 51.5 Å². The van der Waals surface area contributed by atoms with Crippen LogP contribution in [-0.4, -0.2) is 55.8 Å². The molecule has 1 aliphatic rings. The van der Waals surface area contributed by atoms with Crippen molar-refractivity contribution in [3.8, 4) is 11.5 Å². The third kappa shape index (κ3) is 3.93. The summed E-state index contributed by atoms with van der Waals surface area (Å²) in [4.78, 5) is 12.9. The summed E-state index contributed by atoms with van der Waals surface area (Å²) < 4.78 is 11.4. The fraction of sp³-hybridized carbons (Fsp3) is 0.444. The van der Waals surface area contributed by atoms with Crippen LogP contribution in [0.25, 0.3) is 0 Å². The lowest BCUT2D eigenvalue weighted by Crippen LogP contribution is -2.46. The molecular formula is C18H25N5O2. The normalized spacial score (nSPS) is 14.9. The lowest BCUT2D eigenvalue weighted by Gasteiger charge is -2.35. The Kier molecular flexibility index (Phi) is 4.94. The Labute approximate surface area is 148 Å². The largest absolute Gasteiger partial charge is 0.493 e. The monoisotopic (exact) mass is 343 g/mol. The van der Waals surface area contributed by atoms with Gasteiger partial charge in [-0.2, -0.15) is 4.98 Å². The van der Waals surface area contributed by atoms with Gasteiger partial charge in [0.1, 0.15) is 5.82 Å². The second-order valence-electron chi connectivity index (χ2n) is 6.53. The van der Waals surface area contributed by atoms with Gasteiger partial charge >= 0.3 is 0 Å². The van der Waals surface area contributed by atoms with Crippen molar-refractivity contribution in [1.29, 1.82) is 0 Å². The van der Waals surface area contributed by atoms with Crippen LogP contribution in [0.15, 0.2) is 24.3 Å². The molecule has 0 saturated carbocycles. The smallest absolute Gasteiger partial charge is 0.231 e. The lowest BCUT2D eigenvalue weighted by molar-refractivity contribution is 0.0845. The van der Waals surface area contributed by atoms with E-state index in [2.05, 4.69) is 21.9 Å². The maximum absolute atomic E-state index is 6.01. The first kappa shape index (κ1) is 17.3. The number of aromatic nitrogens is 2. The van der Waals surface area contributed by atoms with Crippen molar-refractivity contribution in [2.24, 2.45) is 5.92 Å². The van der Waals surface area contributed by atoms with Crippen LogP contribution in [0.2, 0.25) is 0 Å². The number of hydrogen-bond acceptors (Lipinski definition) is 7. The van der Waals surface area contributed by atoms with Gasteiger partial charge in [0.15, 0.2) is 11.5 Å². The second kappa shape index (κ2) is 7.14. The number of likely N-dealkylation sites (tertiary alicyclic amines) is 1. The van der Waals surface area contributed by atoms with Crippen LogP contribution in [0.3, 0.4) is 0 Å². The Morgan fingerprint density at radius 1 is 1.24 bits per heavy atom. The zero-order valence-electron chi connectivity index (χ0n) is 15.2. The molecule has 0 unspecified atom stereocenters. The van der Waals surface area contributed by atoms with Gasteiger partial charge < -0.3 is 25.0 Å². The van der Waals surface area contributed by atoms with Crippen molar-refractivity contribution >= 4 is 17.5 Å². The highest BCUT2D eigenvalue weighted by molar-refractivity contribution is 5.62. The molecule has 3 rings (SSSR count). The zero-order valence-corrected chi connectivity index (χ0v) is 15.2. The molecule has 134 valence electrons. The average Bonchev–Trinajstić information content (AvgIpc) is 2.56. The molecule has 0 spiro atoms. The SMILES string of the molecule is COc1ccc(N(C)c2nc(C)cc(N)n2)cc1OCC1CN(C)C1. The third-order valence-electron chi connectivity index (χ3n) is 4.31. The minimum absolute atomic E-state index is 0.452. The van der Waals surface area contributed by atoms with E-state index in [1.165, 1.54) is 0 Å². The summed E-state index contributed by atoms with van der Waals surface area (Å²) in [6.45, 7) is 4.71. The second-order valence-corrected chi connectivity index (χ2v) is 6.53. The maximum atomic E-state index is 6.01. The van der Waals surface area contributed by atoms with Crippen LogP contribution < -0.4 is 20.1 Å². The molecule has 1 aliphatic heterocycles. The van der Waals surface area contributed by atoms with Crippen molar-refractivity contribution in [2.45, 2.75) is 6.92 Å². The Morgan fingerprint density at radius 2 is 2.00 bits per heavy atom. The molecule has 1 fully saturated rings. The summed E-state index contributed by atoms with van der Waals surface area (Å²) in [5.41, 5.74) is 7.57. The van der Waals surface area contributed by atoms with E-state index in [1.54, 1.807) is 13.2 Å². The van der Waals surface area contributed by atoms with Crippen LogP contribution in [0.1, 0.15) is 5.69 Å². The molecule has 0 bridgehead atoms. The predicted octanol–water partition coefficient (Wildman–Crippen LogP) is 2.08. The molecule has 0 radical (unpaired) electrons. The van der Waals surface area contributed by atoms with E-state index in [4.69, 9.17) is 15.2 Å². The number of nitrogens with zero attached hydrogens (tertiary/aromatic N) is 4. The summed E-state index contributed by atoms with van der Waals surface area (Å²) >= 11 is 0. The molecule has 2 aromatic rings. The molecule has 2 heterocycles. The quantitative estimate of drug-likeness (QED) is 0.860. The predicted molar refractivity (Wildman–Crippen MR) is 98.7 cm³/mol. The van der Waals surface area contributed by atoms with Gasteiger partial charge in [-0.3, -0.25) is 0 Å². The summed E-state index contributed by atoms with van der Waals surface area (Å²) in [7, 11) is 5.66. The van der Waals surface area contributed by atoms with E-state index in [-0.39, 0.29) is 0 Å². The van der Waals surface area contributed by atoms with Crippen molar-refractivity contribution in [1.82, 2.24) is 14.9 Å². The molecular weight excluding hydrogens is 318 g/mol. The van der Waals surface area contributed by atoms with Gasteiger partial charge in [-0.05, 0) is 26.1 Å². The van der Waals surface area contributed by atoms with Gasteiger partial charge in [0.2, 0.25) is 5.95 Å². The zero-order chi connectivity index (χ0) is 18.0. The first-order valence-electron chi connectivity index (χ1n) is 8.30. The topological polar surface area (TPSA) is 76.7 Å². The number of aryl methyl sites for hydroxylation is 1. The standard InChI is InChI=1S/C18H25N5O2/c1-12-7-17(19)21-18(20-12)23(3)14-5-6-15(24-4)16(8-14)25-11-13-9-22(2)10-13/h5-8,13H,9-11H2,1-4H3,(H2,19,20,21). The highest BCUT2D eigenvalue weighted by Crippen LogP contribution is 2.34. The van der Waals surface area contributed by atoms with Crippen LogP contribution in [0, 0.1) is 12.8 Å². The van der Waals surface area contributed by atoms with E-state index in [1.807, 2.05) is 37.1 Å². The number of ether oxygens (including phenoxy) is 2. The summed E-state index contributed by atoms with van der Waals surface area (Å²) in [5, 5.41) is 0. The molecule has 1 saturated heterocycles. The van der Waals surface area contributed by atoms with E-state index >= 15 is 0 Å². The fourth-order valence-electron chi connectivity index (χ4n) is 2.97. The van der Waals surface area contributed by atoms with Crippen LogP contribution in [-0.2, 0) is 0 Å². The molecule has 1 aromatic heterocycles. The Hall–Kier alpha value is -2.54. The number of rotatable bonds is 6. The van der Waals surface area contributed by atoms with E-state index < -0.39 is 0 Å². The Bertz CT molecular complexity index is 726. The van der Waals surface area contributed by atoms with Crippen molar-refractivity contribution in [3.05, 3.63) is 30.0 Å². The summed E-state index contributed by atoms with van der Waals surface area (Å²) in [6.07, 6.45) is 0. The Morgan fingerprint density at radius 3 is 2.64 bits per heavy atom. The third-order valence-corrected chi connectivity index (χ3v) is 4.31. The van der Waals surface area contributed by atoms with Gasteiger partial charge in [0.05, 0.1) is 13.7 Å². The van der Waals surface area contributed by atoms with Crippen molar-refractivity contribution in [3.63, 3.8) is 0 Å². The van der Waals surface area contributed by atoms with E-state index in [0.717, 1.165) is 36.0 Å². The lowest BCUT2D eigenvalue weighted by atomic mass is 10.0. The van der Waals surface area contributed by atoms with Crippen LogP contribution in [0.4, 0.5) is 17.5 Å². The van der Waals surface area contributed by atoms with E-state index in [9.17, 15) is 0 Å². The minimum Gasteiger partial charge on any atom is -0.493 e. The molecule has 0 amide bonds. The molecule has 2 N–H and O–H groups in total.